The Morgan fingerprint density at radius 1 is 0.784 bits per heavy atom. The molecule has 9 nitrogen and oxygen atoms in total. The molecule has 0 aliphatic carbocycles. The number of nitrogens with zero attached hydrogens (tertiary/aromatic N) is 1. The van der Waals surface area contributed by atoms with Crippen LogP contribution in [0.15, 0.2) is 48.5 Å². The predicted molar refractivity (Wildman–Crippen MR) is 139 cm³/mol. The van der Waals surface area contributed by atoms with Gasteiger partial charge in [0.25, 0.3) is 0 Å². The Kier molecular flexibility index (Phi) is 12.9. The molecule has 0 saturated heterocycles. The van der Waals surface area contributed by atoms with Crippen molar-refractivity contribution in [3.63, 3.8) is 0 Å². The van der Waals surface area contributed by atoms with E-state index in [-0.39, 0.29) is 31.6 Å². The first kappa shape index (κ1) is 30.1. The number of aliphatic hydroxyl groups is 2. The van der Waals surface area contributed by atoms with Gasteiger partial charge in [0.05, 0.1) is 7.11 Å². The lowest BCUT2D eigenvalue weighted by Crippen LogP contribution is -2.45. The number of rotatable bonds is 17. The number of esters is 1. The van der Waals surface area contributed by atoms with Gasteiger partial charge < -0.3 is 29.5 Å². The standard InChI is InChI=1S/C28H39NO8/c1-20(2)29(16-23(30)18-36-25-10-4-21(5-11-25)8-14-27(32)33)17-24(31)19-37-26-12-6-22(7-13-26)9-15-28(34)35-3/h4-7,10-13,20,23-24,30-31H,8-9,14-19H2,1-3H3,(H,32,33). The number of methoxy groups -OCH3 is 1. The molecule has 2 aromatic carbocycles. The molecule has 0 spiro atoms. The highest BCUT2D eigenvalue weighted by molar-refractivity contribution is 5.69. The van der Waals surface area contributed by atoms with Crippen LogP contribution in [0, 0.1) is 0 Å². The number of benzene rings is 2. The molecular formula is C28H39NO8. The van der Waals surface area contributed by atoms with Gasteiger partial charge in [-0.1, -0.05) is 24.3 Å². The van der Waals surface area contributed by atoms with Crippen LogP contribution in [0.1, 0.15) is 37.8 Å². The summed E-state index contributed by atoms with van der Waals surface area (Å²) in [6.45, 7) is 4.82. The van der Waals surface area contributed by atoms with Gasteiger partial charge in [-0.25, -0.2) is 0 Å². The first-order valence-corrected chi connectivity index (χ1v) is 12.5. The van der Waals surface area contributed by atoms with E-state index in [4.69, 9.17) is 14.6 Å². The van der Waals surface area contributed by atoms with Crippen LogP contribution in [-0.2, 0) is 27.2 Å². The summed E-state index contributed by atoms with van der Waals surface area (Å²) in [5.74, 6) is 0.134. The zero-order valence-corrected chi connectivity index (χ0v) is 21.8. The average Bonchev–Trinajstić information content (AvgIpc) is 2.88. The maximum Gasteiger partial charge on any atom is 0.305 e. The number of carboxylic acids is 1. The molecule has 0 fully saturated rings. The van der Waals surface area contributed by atoms with Gasteiger partial charge >= 0.3 is 11.9 Å². The van der Waals surface area contributed by atoms with Crippen molar-refractivity contribution >= 4 is 11.9 Å². The monoisotopic (exact) mass is 517 g/mol. The van der Waals surface area contributed by atoms with Crippen molar-refractivity contribution < 1.29 is 39.1 Å². The van der Waals surface area contributed by atoms with Gasteiger partial charge in [0.1, 0.15) is 36.9 Å². The summed E-state index contributed by atoms with van der Waals surface area (Å²) in [7, 11) is 1.37. The van der Waals surface area contributed by atoms with Crippen LogP contribution < -0.4 is 9.47 Å². The molecule has 37 heavy (non-hydrogen) atoms. The second kappa shape index (κ2) is 15.9. The van der Waals surface area contributed by atoms with E-state index in [2.05, 4.69) is 4.74 Å². The molecule has 0 aromatic heterocycles. The van der Waals surface area contributed by atoms with Crippen molar-refractivity contribution in [2.75, 3.05) is 33.4 Å². The van der Waals surface area contributed by atoms with Crippen LogP contribution in [0.2, 0.25) is 0 Å². The fourth-order valence-corrected chi connectivity index (χ4v) is 3.63. The Morgan fingerprint density at radius 2 is 1.22 bits per heavy atom. The highest BCUT2D eigenvalue weighted by Crippen LogP contribution is 2.16. The lowest BCUT2D eigenvalue weighted by atomic mass is 10.1. The summed E-state index contributed by atoms with van der Waals surface area (Å²) in [6, 6.07) is 14.6. The second-order valence-electron chi connectivity index (χ2n) is 9.24. The summed E-state index contributed by atoms with van der Waals surface area (Å²) in [5.41, 5.74) is 1.90. The van der Waals surface area contributed by atoms with E-state index >= 15 is 0 Å². The number of carbonyl (C=O) groups excluding carboxylic acids is 1. The van der Waals surface area contributed by atoms with Gasteiger partial charge in [0, 0.05) is 32.0 Å². The van der Waals surface area contributed by atoms with Gasteiger partial charge in [0.2, 0.25) is 0 Å². The molecule has 0 saturated carbocycles. The number of carboxylic acid groups (broad SMARTS) is 1. The van der Waals surface area contributed by atoms with Crippen LogP contribution in [0.3, 0.4) is 0 Å². The first-order chi connectivity index (χ1) is 17.7. The van der Waals surface area contributed by atoms with E-state index in [9.17, 15) is 19.8 Å². The number of ether oxygens (including phenoxy) is 3. The minimum Gasteiger partial charge on any atom is -0.491 e. The minimum absolute atomic E-state index is 0.0750. The zero-order valence-electron chi connectivity index (χ0n) is 21.8. The molecule has 2 unspecified atom stereocenters. The Balaban J connectivity index is 1.74. The van der Waals surface area contributed by atoms with E-state index < -0.39 is 18.2 Å². The molecule has 0 bridgehead atoms. The van der Waals surface area contributed by atoms with E-state index in [1.807, 2.05) is 43.0 Å². The van der Waals surface area contributed by atoms with Gasteiger partial charge in [0.15, 0.2) is 0 Å². The van der Waals surface area contributed by atoms with Crippen molar-refractivity contribution in [3.8, 4) is 11.5 Å². The molecule has 0 aliphatic heterocycles. The van der Waals surface area contributed by atoms with Crippen LogP contribution in [0.4, 0.5) is 0 Å². The van der Waals surface area contributed by atoms with Gasteiger partial charge in [-0.2, -0.15) is 0 Å². The van der Waals surface area contributed by atoms with E-state index in [0.29, 0.717) is 43.9 Å². The van der Waals surface area contributed by atoms with E-state index in [0.717, 1.165) is 11.1 Å². The molecule has 2 atom stereocenters. The third-order valence-electron chi connectivity index (χ3n) is 5.83. The van der Waals surface area contributed by atoms with Crippen molar-refractivity contribution in [3.05, 3.63) is 59.7 Å². The molecule has 0 amide bonds. The molecular weight excluding hydrogens is 478 g/mol. The number of aliphatic hydroxyl groups excluding tert-OH is 2. The molecule has 0 heterocycles. The third kappa shape index (κ3) is 12.1. The SMILES string of the molecule is COC(=O)CCc1ccc(OCC(O)CN(CC(O)COc2ccc(CCC(=O)O)cc2)C(C)C)cc1. The van der Waals surface area contributed by atoms with Gasteiger partial charge in [-0.3, -0.25) is 14.5 Å². The summed E-state index contributed by atoms with van der Waals surface area (Å²) in [6.07, 6.45) is -0.0873. The number of aliphatic carboxylic acids is 1. The van der Waals surface area contributed by atoms with Crippen LogP contribution in [0.5, 0.6) is 11.5 Å². The molecule has 2 aromatic rings. The highest BCUT2D eigenvalue weighted by Gasteiger charge is 2.19. The molecule has 2 rings (SSSR count). The summed E-state index contributed by atoms with van der Waals surface area (Å²) in [5, 5.41) is 29.8. The van der Waals surface area contributed by atoms with Crippen LogP contribution in [-0.4, -0.2) is 83.8 Å². The summed E-state index contributed by atoms with van der Waals surface area (Å²) in [4.78, 5) is 23.9. The Hall–Kier alpha value is -3.14. The highest BCUT2D eigenvalue weighted by atomic mass is 16.5. The third-order valence-corrected chi connectivity index (χ3v) is 5.83. The lowest BCUT2D eigenvalue weighted by Gasteiger charge is -2.30. The Morgan fingerprint density at radius 3 is 1.59 bits per heavy atom. The largest absolute Gasteiger partial charge is 0.491 e. The number of aryl methyl sites for hydroxylation is 2. The fraction of sp³-hybridized carbons (Fsp3) is 0.500. The normalized spacial score (nSPS) is 12.8. The quantitative estimate of drug-likeness (QED) is 0.272. The molecule has 9 heteroatoms. The Bertz CT molecular complexity index is 946. The van der Waals surface area contributed by atoms with E-state index in [1.165, 1.54) is 7.11 Å². The Labute approximate surface area is 218 Å². The predicted octanol–water partition coefficient (Wildman–Crippen LogP) is 2.70. The summed E-state index contributed by atoms with van der Waals surface area (Å²) >= 11 is 0. The first-order valence-electron chi connectivity index (χ1n) is 12.5. The topological polar surface area (TPSA) is 126 Å². The molecule has 0 aliphatic rings. The van der Waals surface area contributed by atoms with Gasteiger partial charge in [-0.05, 0) is 62.1 Å². The molecule has 0 radical (unpaired) electrons. The number of hydrogen-bond donors (Lipinski definition) is 3. The average molecular weight is 518 g/mol. The molecule has 204 valence electrons. The lowest BCUT2D eigenvalue weighted by molar-refractivity contribution is -0.140. The zero-order chi connectivity index (χ0) is 27.2. The van der Waals surface area contributed by atoms with Crippen molar-refractivity contribution in [2.24, 2.45) is 0 Å². The second-order valence-corrected chi connectivity index (χ2v) is 9.24. The smallest absolute Gasteiger partial charge is 0.305 e. The molecule has 3 N–H and O–H groups in total. The van der Waals surface area contributed by atoms with Crippen molar-refractivity contribution in [1.82, 2.24) is 4.90 Å². The fourth-order valence-electron chi connectivity index (χ4n) is 3.63. The number of carbonyl (C=O) groups is 2. The van der Waals surface area contributed by atoms with Crippen LogP contribution in [0.25, 0.3) is 0 Å². The maximum absolute atomic E-state index is 11.3. The number of hydrogen-bond acceptors (Lipinski definition) is 8. The maximum atomic E-state index is 11.3. The minimum atomic E-state index is -0.836. The summed E-state index contributed by atoms with van der Waals surface area (Å²) < 4.78 is 16.0. The van der Waals surface area contributed by atoms with Gasteiger partial charge in [-0.15, -0.1) is 0 Å². The van der Waals surface area contributed by atoms with Crippen LogP contribution >= 0.6 is 0 Å². The van der Waals surface area contributed by atoms with Crippen molar-refractivity contribution in [1.29, 1.82) is 0 Å². The van der Waals surface area contributed by atoms with E-state index in [1.54, 1.807) is 24.3 Å². The van der Waals surface area contributed by atoms with Crippen molar-refractivity contribution in [2.45, 2.75) is 57.8 Å².